The topological polar surface area (TPSA) is 49.3 Å². The van der Waals surface area contributed by atoms with E-state index in [0.29, 0.717) is 17.3 Å². The molecular formula is C11H19NO2. The second kappa shape index (κ2) is 2.88. The molecule has 3 aliphatic rings. The van der Waals surface area contributed by atoms with Gasteiger partial charge >= 0.3 is 6.09 Å². The summed E-state index contributed by atoms with van der Waals surface area (Å²) in [6.45, 7) is 6.82. The fraction of sp³-hybridized carbons (Fsp3) is 0.909. The Morgan fingerprint density at radius 3 is 2.50 bits per heavy atom. The lowest BCUT2D eigenvalue weighted by atomic mass is 9.45. The van der Waals surface area contributed by atoms with E-state index in [9.17, 15) is 4.79 Å². The van der Waals surface area contributed by atoms with Crippen molar-refractivity contribution in [3.8, 4) is 0 Å². The van der Waals surface area contributed by atoms with Gasteiger partial charge in [0, 0.05) is 6.04 Å². The van der Waals surface area contributed by atoms with Crippen molar-refractivity contribution in [3.63, 3.8) is 0 Å². The van der Waals surface area contributed by atoms with Gasteiger partial charge in [-0.05, 0) is 36.0 Å². The van der Waals surface area contributed by atoms with Crippen LogP contribution in [-0.2, 0) is 0 Å². The molecule has 3 heteroatoms. The van der Waals surface area contributed by atoms with E-state index in [1.165, 1.54) is 6.42 Å². The first-order valence-corrected chi connectivity index (χ1v) is 5.42. The Morgan fingerprint density at radius 1 is 1.43 bits per heavy atom. The summed E-state index contributed by atoms with van der Waals surface area (Å²) in [5, 5.41) is 11.4. The average molecular weight is 197 g/mol. The molecule has 0 radical (unpaired) electrons. The van der Waals surface area contributed by atoms with E-state index in [2.05, 4.69) is 26.1 Å². The van der Waals surface area contributed by atoms with Gasteiger partial charge in [-0.1, -0.05) is 20.8 Å². The predicted molar refractivity (Wildman–Crippen MR) is 54.1 cm³/mol. The molecule has 4 atom stereocenters. The maximum atomic E-state index is 10.6. The van der Waals surface area contributed by atoms with E-state index in [4.69, 9.17) is 5.11 Å². The van der Waals surface area contributed by atoms with Crippen molar-refractivity contribution < 1.29 is 9.90 Å². The normalized spacial score (nSPS) is 43.9. The number of carbonyl (C=O) groups is 1. The highest BCUT2D eigenvalue weighted by Crippen LogP contribution is 2.61. The molecule has 2 bridgehead atoms. The smallest absolute Gasteiger partial charge is 0.404 e. The zero-order valence-corrected chi connectivity index (χ0v) is 9.08. The van der Waals surface area contributed by atoms with E-state index in [1.807, 2.05) is 0 Å². The predicted octanol–water partition coefficient (Wildman–Crippen LogP) is 2.32. The van der Waals surface area contributed by atoms with Gasteiger partial charge in [-0.15, -0.1) is 0 Å². The lowest BCUT2D eigenvalue weighted by Crippen LogP contribution is -2.60. The molecule has 80 valence electrons. The summed E-state index contributed by atoms with van der Waals surface area (Å²) in [5.41, 5.74) is 0.441. The van der Waals surface area contributed by atoms with Crippen LogP contribution < -0.4 is 5.32 Å². The highest BCUT2D eigenvalue weighted by molar-refractivity contribution is 5.65. The van der Waals surface area contributed by atoms with E-state index in [1.54, 1.807) is 0 Å². The van der Waals surface area contributed by atoms with Crippen molar-refractivity contribution >= 4 is 6.09 Å². The fourth-order valence-electron chi connectivity index (χ4n) is 3.50. The Kier molecular flexibility index (Phi) is 2.02. The molecule has 0 saturated heterocycles. The molecule has 0 aromatic carbocycles. The average Bonchev–Trinajstić information content (AvgIpc) is 2.06. The van der Waals surface area contributed by atoms with Crippen LogP contribution in [0.15, 0.2) is 0 Å². The highest BCUT2D eigenvalue weighted by atomic mass is 16.4. The van der Waals surface area contributed by atoms with Gasteiger partial charge < -0.3 is 10.4 Å². The van der Waals surface area contributed by atoms with Crippen molar-refractivity contribution in [2.75, 3.05) is 0 Å². The molecule has 0 unspecified atom stereocenters. The Balaban J connectivity index is 2.04. The van der Waals surface area contributed by atoms with Crippen molar-refractivity contribution in [1.82, 2.24) is 5.32 Å². The Labute approximate surface area is 84.9 Å². The van der Waals surface area contributed by atoms with Crippen molar-refractivity contribution in [3.05, 3.63) is 0 Å². The molecule has 3 rings (SSSR count). The summed E-state index contributed by atoms with van der Waals surface area (Å²) in [6, 6.07) is 0.185. The fourth-order valence-corrected chi connectivity index (χ4v) is 3.50. The van der Waals surface area contributed by atoms with Gasteiger partial charge in [-0.25, -0.2) is 4.79 Å². The van der Waals surface area contributed by atoms with Crippen molar-refractivity contribution in [1.29, 1.82) is 0 Å². The monoisotopic (exact) mass is 197 g/mol. The lowest BCUT2D eigenvalue weighted by molar-refractivity contribution is -0.113. The zero-order chi connectivity index (χ0) is 10.5. The van der Waals surface area contributed by atoms with Gasteiger partial charge in [0.05, 0.1) is 0 Å². The molecule has 1 amide bonds. The lowest BCUT2D eigenvalue weighted by Gasteiger charge is -2.61. The van der Waals surface area contributed by atoms with Crippen LogP contribution >= 0.6 is 0 Å². The molecule has 0 aliphatic heterocycles. The van der Waals surface area contributed by atoms with Crippen molar-refractivity contribution in [2.24, 2.45) is 23.2 Å². The van der Waals surface area contributed by atoms with E-state index in [0.717, 1.165) is 12.3 Å². The van der Waals surface area contributed by atoms with E-state index < -0.39 is 6.09 Å². The van der Waals surface area contributed by atoms with Crippen LogP contribution in [0.5, 0.6) is 0 Å². The summed E-state index contributed by atoms with van der Waals surface area (Å²) in [4.78, 5) is 10.6. The minimum absolute atomic E-state index is 0.185. The van der Waals surface area contributed by atoms with Crippen LogP contribution in [0.1, 0.15) is 33.6 Å². The molecule has 0 spiro atoms. The van der Waals surface area contributed by atoms with Gasteiger partial charge in [0.25, 0.3) is 0 Å². The van der Waals surface area contributed by atoms with Gasteiger partial charge in [-0.3, -0.25) is 0 Å². The van der Waals surface area contributed by atoms with Gasteiger partial charge in [-0.2, -0.15) is 0 Å². The number of amides is 1. The minimum Gasteiger partial charge on any atom is -0.465 e. The quantitative estimate of drug-likeness (QED) is 0.677. The first kappa shape index (κ1) is 9.81. The Hall–Kier alpha value is -0.730. The summed E-state index contributed by atoms with van der Waals surface area (Å²) in [5.74, 6) is 1.92. The number of carboxylic acid groups (broad SMARTS) is 1. The number of rotatable bonds is 1. The van der Waals surface area contributed by atoms with Crippen molar-refractivity contribution in [2.45, 2.75) is 39.7 Å². The standard InChI is InChI=1S/C11H19NO2/c1-6-8-4-7(11(8,2)3)5-9(6)12-10(13)14/h6-9,12H,4-5H2,1-3H3,(H,13,14)/t6-,7+,8+,9+/m0/s1. The van der Waals surface area contributed by atoms with Crippen LogP contribution in [0.2, 0.25) is 0 Å². The van der Waals surface area contributed by atoms with Gasteiger partial charge in [0.2, 0.25) is 0 Å². The molecule has 3 nitrogen and oxygen atoms in total. The third kappa shape index (κ3) is 1.22. The molecule has 2 N–H and O–H groups in total. The molecule has 0 aromatic rings. The molecule has 3 fully saturated rings. The maximum Gasteiger partial charge on any atom is 0.404 e. The Morgan fingerprint density at radius 2 is 2.07 bits per heavy atom. The molecule has 3 saturated carbocycles. The number of hydrogen-bond acceptors (Lipinski definition) is 1. The van der Waals surface area contributed by atoms with Crippen LogP contribution in [0, 0.1) is 23.2 Å². The largest absolute Gasteiger partial charge is 0.465 e. The third-order valence-electron chi connectivity index (χ3n) is 4.66. The molecule has 14 heavy (non-hydrogen) atoms. The third-order valence-corrected chi connectivity index (χ3v) is 4.66. The van der Waals surface area contributed by atoms with E-state index in [-0.39, 0.29) is 6.04 Å². The number of fused-ring (bicyclic) bond motifs is 2. The number of hydrogen-bond donors (Lipinski definition) is 2. The van der Waals surface area contributed by atoms with Crippen LogP contribution in [0.3, 0.4) is 0 Å². The first-order valence-electron chi connectivity index (χ1n) is 5.42. The first-order chi connectivity index (χ1) is 6.43. The molecule has 0 aromatic heterocycles. The molecule has 3 aliphatic carbocycles. The number of nitrogens with one attached hydrogen (secondary N) is 1. The molecular weight excluding hydrogens is 178 g/mol. The minimum atomic E-state index is -0.874. The zero-order valence-electron chi connectivity index (χ0n) is 9.08. The van der Waals surface area contributed by atoms with Gasteiger partial charge in [0.15, 0.2) is 0 Å². The van der Waals surface area contributed by atoms with Gasteiger partial charge in [0.1, 0.15) is 0 Å². The summed E-state index contributed by atoms with van der Waals surface area (Å²) < 4.78 is 0. The SMILES string of the molecule is C[C@H]1[C@H]2C[C@H](C[C@H]1NC(=O)O)C2(C)C. The maximum absolute atomic E-state index is 10.6. The summed E-state index contributed by atoms with van der Waals surface area (Å²) >= 11 is 0. The van der Waals surface area contributed by atoms with Crippen LogP contribution in [-0.4, -0.2) is 17.2 Å². The van der Waals surface area contributed by atoms with Crippen LogP contribution in [0.25, 0.3) is 0 Å². The molecule has 0 heterocycles. The van der Waals surface area contributed by atoms with Crippen LogP contribution in [0.4, 0.5) is 4.79 Å². The van der Waals surface area contributed by atoms with E-state index >= 15 is 0 Å². The summed E-state index contributed by atoms with van der Waals surface area (Å²) in [6.07, 6.45) is 1.45. The highest BCUT2D eigenvalue weighted by Gasteiger charge is 2.56. The second-order valence-electron chi connectivity index (χ2n) is 5.51. The Bertz CT molecular complexity index is 262. The summed E-state index contributed by atoms with van der Waals surface area (Å²) in [7, 11) is 0. The second-order valence-corrected chi connectivity index (χ2v) is 5.51.